The molecule has 0 aliphatic carbocycles. The predicted molar refractivity (Wildman–Crippen MR) is 78.0 cm³/mol. The third kappa shape index (κ3) is 4.79. The van der Waals surface area contributed by atoms with E-state index in [0.29, 0.717) is 11.8 Å². The Morgan fingerprint density at radius 2 is 2.35 bits per heavy atom. The molecule has 0 aliphatic heterocycles. The fraction of sp³-hybridized carbons (Fsp3) is 0.273. The van der Waals surface area contributed by atoms with Crippen LogP contribution < -0.4 is 10.5 Å². The second-order valence-corrected chi connectivity index (χ2v) is 4.69. The Morgan fingerprint density at radius 3 is 2.94 bits per heavy atom. The van der Waals surface area contributed by atoms with Gasteiger partial charge >= 0.3 is 0 Å². The first kappa shape index (κ1) is 14.1. The van der Waals surface area contributed by atoms with E-state index in [0.717, 1.165) is 15.8 Å². The average molecular weight is 316 g/mol. The van der Waals surface area contributed by atoms with Crippen LogP contribution in [0.3, 0.4) is 0 Å². The lowest BCUT2D eigenvalue weighted by atomic mass is 10.2. The summed E-state index contributed by atoms with van der Waals surface area (Å²) in [6.07, 6.45) is 3.49. The predicted octanol–water partition coefficient (Wildman–Crippen LogP) is 2.86. The summed E-state index contributed by atoms with van der Waals surface area (Å²) in [4.78, 5) is 0. The van der Waals surface area contributed by atoms with Gasteiger partial charge in [0.15, 0.2) is 5.17 Å². The van der Waals surface area contributed by atoms with Crippen molar-refractivity contribution in [1.82, 2.24) is 0 Å². The van der Waals surface area contributed by atoms with Crippen LogP contribution in [-0.2, 0) is 0 Å². The van der Waals surface area contributed by atoms with E-state index < -0.39 is 0 Å². The number of halogens is 1. The van der Waals surface area contributed by atoms with Gasteiger partial charge in [0.05, 0.1) is 17.3 Å². The number of ether oxygens (including phenoxy) is 1. The van der Waals surface area contributed by atoms with Crippen LogP contribution in [0.15, 0.2) is 32.9 Å². The fourth-order valence-electron chi connectivity index (χ4n) is 1.06. The van der Waals surface area contributed by atoms with Gasteiger partial charge in [-0.15, -0.1) is 5.10 Å². The summed E-state index contributed by atoms with van der Waals surface area (Å²) in [6, 6.07) is 5.71. The van der Waals surface area contributed by atoms with Gasteiger partial charge in [0.25, 0.3) is 0 Å². The fourth-order valence-corrected chi connectivity index (χ4v) is 1.70. The number of benzene rings is 1. The SMILES string of the molecule is CCOc1ccc(/C=N\N=C(/N)SC)cc1Br. The van der Waals surface area contributed by atoms with Crippen molar-refractivity contribution in [1.29, 1.82) is 0 Å². The van der Waals surface area contributed by atoms with E-state index in [9.17, 15) is 0 Å². The first-order valence-corrected chi connectivity index (χ1v) is 7.02. The molecule has 2 N–H and O–H groups in total. The molecule has 0 atom stereocenters. The van der Waals surface area contributed by atoms with E-state index in [1.54, 1.807) is 6.21 Å². The highest BCUT2D eigenvalue weighted by atomic mass is 79.9. The van der Waals surface area contributed by atoms with Crippen molar-refractivity contribution in [3.8, 4) is 5.75 Å². The zero-order valence-corrected chi connectivity index (χ0v) is 12.1. The van der Waals surface area contributed by atoms with Crippen molar-refractivity contribution in [3.63, 3.8) is 0 Å². The van der Waals surface area contributed by atoms with Crippen LogP contribution in [0.1, 0.15) is 12.5 Å². The van der Waals surface area contributed by atoms with Gasteiger partial charge in [-0.25, -0.2) is 0 Å². The molecular formula is C11H14BrN3OS. The Balaban J connectivity index is 2.77. The zero-order chi connectivity index (χ0) is 12.7. The topological polar surface area (TPSA) is 60.0 Å². The van der Waals surface area contributed by atoms with Crippen molar-refractivity contribution >= 4 is 39.1 Å². The molecule has 0 saturated heterocycles. The highest BCUT2D eigenvalue weighted by Crippen LogP contribution is 2.25. The van der Waals surface area contributed by atoms with Crippen LogP contribution in [0.4, 0.5) is 0 Å². The van der Waals surface area contributed by atoms with Crippen LogP contribution in [0, 0.1) is 0 Å². The highest BCUT2D eigenvalue weighted by molar-refractivity contribution is 9.10. The number of nitrogens with zero attached hydrogens (tertiary/aromatic N) is 2. The summed E-state index contributed by atoms with van der Waals surface area (Å²) in [6.45, 7) is 2.59. The number of hydrogen-bond acceptors (Lipinski definition) is 4. The molecule has 4 nitrogen and oxygen atoms in total. The summed E-state index contributed by atoms with van der Waals surface area (Å²) in [5.74, 6) is 0.816. The molecule has 0 heterocycles. The standard InChI is InChI=1S/C11H14BrN3OS/c1-3-16-10-5-4-8(6-9(10)12)7-14-15-11(13)17-2/h4-7H,3H2,1-2H3,(H2,13,15)/b14-7-. The average Bonchev–Trinajstić information content (AvgIpc) is 2.32. The van der Waals surface area contributed by atoms with E-state index >= 15 is 0 Å². The van der Waals surface area contributed by atoms with Crippen LogP contribution >= 0.6 is 27.7 Å². The quantitative estimate of drug-likeness (QED) is 0.528. The number of thioether (sulfide) groups is 1. The molecule has 0 unspecified atom stereocenters. The molecule has 0 radical (unpaired) electrons. The number of rotatable bonds is 4. The molecule has 1 rings (SSSR count). The molecule has 92 valence electrons. The summed E-state index contributed by atoms with van der Waals surface area (Å²) in [5.41, 5.74) is 6.43. The number of amidine groups is 1. The molecule has 1 aromatic carbocycles. The van der Waals surface area contributed by atoms with Crippen molar-refractivity contribution in [2.75, 3.05) is 12.9 Å². The molecule has 0 spiro atoms. The van der Waals surface area contributed by atoms with Crippen molar-refractivity contribution in [3.05, 3.63) is 28.2 Å². The van der Waals surface area contributed by atoms with E-state index in [1.165, 1.54) is 11.8 Å². The van der Waals surface area contributed by atoms with Gasteiger partial charge in [0, 0.05) is 0 Å². The van der Waals surface area contributed by atoms with Gasteiger partial charge in [-0.1, -0.05) is 11.8 Å². The molecule has 0 fully saturated rings. The van der Waals surface area contributed by atoms with E-state index in [1.807, 2.05) is 31.4 Å². The lowest BCUT2D eigenvalue weighted by Crippen LogP contribution is -2.03. The van der Waals surface area contributed by atoms with Gasteiger partial charge in [-0.2, -0.15) is 5.10 Å². The Bertz CT molecular complexity index is 435. The largest absolute Gasteiger partial charge is 0.493 e. The van der Waals surface area contributed by atoms with Gasteiger partial charge in [-0.05, 0) is 52.9 Å². The van der Waals surface area contributed by atoms with E-state index in [-0.39, 0.29) is 0 Å². The van der Waals surface area contributed by atoms with Gasteiger partial charge in [0.1, 0.15) is 5.75 Å². The molecule has 0 amide bonds. The molecule has 0 saturated carbocycles. The minimum Gasteiger partial charge on any atom is -0.493 e. The van der Waals surface area contributed by atoms with Gasteiger partial charge in [0.2, 0.25) is 0 Å². The summed E-state index contributed by atoms with van der Waals surface area (Å²) < 4.78 is 6.30. The molecule has 17 heavy (non-hydrogen) atoms. The Labute approximate surface area is 113 Å². The summed E-state index contributed by atoms with van der Waals surface area (Å²) >= 11 is 4.79. The van der Waals surface area contributed by atoms with Crippen molar-refractivity contribution in [2.45, 2.75) is 6.92 Å². The molecule has 0 bridgehead atoms. The molecule has 1 aromatic rings. The normalized spacial score (nSPS) is 12.1. The Hall–Kier alpha value is -1.01. The lowest BCUT2D eigenvalue weighted by molar-refractivity contribution is 0.338. The van der Waals surface area contributed by atoms with Crippen LogP contribution in [0.2, 0.25) is 0 Å². The Morgan fingerprint density at radius 1 is 1.59 bits per heavy atom. The second-order valence-electron chi connectivity index (χ2n) is 3.01. The van der Waals surface area contributed by atoms with Gasteiger partial charge in [-0.3, -0.25) is 0 Å². The first-order valence-electron chi connectivity index (χ1n) is 5.00. The minimum absolute atomic E-state index is 0.436. The van der Waals surface area contributed by atoms with Crippen LogP contribution in [-0.4, -0.2) is 24.2 Å². The second kappa shape index (κ2) is 7.34. The maximum atomic E-state index is 5.50. The van der Waals surface area contributed by atoms with Crippen LogP contribution in [0.5, 0.6) is 5.75 Å². The number of hydrogen-bond donors (Lipinski definition) is 1. The third-order valence-electron chi connectivity index (χ3n) is 1.83. The first-order chi connectivity index (χ1) is 8.17. The van der Waals surface area contributed by atoms with E-state index in [4.69, 9.17) is 10.5 Å². The summed E-state index contributed by atoms with van der Waals surface area (Å²) in [7, 11) is 0. The van der Waals surface area contributed by atoms with E-state index in [2.05, 4.69) is 26.1 Å². The summed E-state index contributed by atoms with van der Waals surface area (Å²) in [5, 5.41) is 8.13. The highest BCUT2D eigenvalue weighted by Gasteiger charge is 2.00. The maximum absolute atomic E-state index is 5.50. The smallest absolute Gasteiger partial charge is 0.180 e. The van der Waals surface area contributed by atoms with Gasteiger partial charge < -0.3 is 10.5 Å². The van der Waals surface area contributed by atoms with Crippen molar-refractivity contribution < 1.29 is 4.74 Å². The van der Waals surface area contributed by atoms with Crippen LogP contribution in [0.25, 0.3) is 0 Å². The molecule has 0 aromatic heterocycles. The Kier molecular flexibility index (Phi) is 6.07. The maximum Gasteiger partial charge on any atom is 0.180 e. The minimum atomic E-state index is 0.436. The zero-order valence-electron chi connectivity index (χ0n) is 9.68. The molecule has 6 heteroatoms. The monoisotopic (exact) mass is 315 g/mol. The number of nitrogens with two attached hydrogens (primary N) is 1. The molecule has 0 aliphatic rings. The third-order valence-corrected chi connectivity index (χ3v) is 2.95. The lowest BCUT2D eigenvalue weighted by Gasteiger charge is -2.05. The van der Waals surface area contributed by atoms with Crippen molar-refractivity contribution in [2.24, 2.45) is 15.9 Å². The molecular weight excluding hydrogens is 302 g/mol.